The van der Waals surface area contributed by atoms with Crippen LogP contribution in [-0.4, -0.2) is 37.3 Å². The topological polar surface area (TPSA) is 65.0 Å². The van der Waals surface area contributed by atoms with E-state index < -0.39 is 23.5 Å². The zero-order valence-corrected chi connectivity index (χ0v) is 11.0. The van der Waals surface area contributed by atoms with Crippen molar-refractivity contribution in [1.82, 2.24) is 0 Å². The van der Waals surface area contributed by atoms with Crippen LogP contribution in [0.5, 0.6) is 11.5 Å². The first kappa shape index (κ1) is 15.2. The molecule has 0 aliphatic carbocycles. The molecule has 1 heterocycles. The van der Waals surface area contributed by atoms with Crippen LogP contribution in [0.15, 0.2) is 23.8 Å². The molecule has 5 nitrogen and oxygen atoms in total. The smallest absolute Gasteiger partial charge is 0.460 e. The van der Waals surface area contributed by atoms with Gasteiger partial charge in [-0.3, -0.25) is 0 Å². The van der Waals surface area contributed by atoms with Crippen LogP contribution < -0.4 is 9.47 Å². The van der Waals surface area contributed by atoms with Gasteiger partial charge in [0.15, 0.2) is 11.5 Å². The molecule has 21 heavy (non-hydrogen) atoms. The van der Waals surface area contributed by atoms with Crippen molar-refractivity contribution in [2.24, 2.45) is 0 Å². The Morgan fingerprint density at radius 3 is 2.52 bits per heavy atom. The second-order valence-electron chi connectivity index (χ2n) is 4.17. The molecule has 1 atom stereocenters. The molecule has 0 saturated carbocycles. The fourth-order valence-electron chi connectivity index (χ4n) is 1.89. The average Bonchev–Trinajstić information content (AvgIpc) is 2.44. The van der Waals surface area contributed by atoms with E-state index in [4.69, 9.17) is 4.74 Å². The maximum Gasteiger partial charge on any atom is 0.460 e. The van der Waals surface area contributed by atoms with Crippen molar-refractivity contribution in [3.8, 4) is 11.5 Å². The number of hydrogen-bond acceptors (Lipinski definition) is 5. The fraction of sp³-hybridized carbons (Fsp3) is 0.308. The lowest BCUT2D eigenvalue weighted by atomic mass is 9.97. The number of aliphatic hydroxyl groups is 1. The Labute approximate surface area is 117 Å². The van der Waals surface area contributed by atoms with E-state index in [9.17, 15) is 23.1 Å². The minimum atomic E-state index is -5.24. The van der Waals surface area contributed by atoms with E-state index in [-0.39, 0.29) is 17.1 Å². The Kier molecular flexibility index (Phi) is 3.58. The number of benzene rings is 1. The molecule has 1 aliphatic heterocycles. The fourth-order valence-corrected chi connectivity index (χ4v) is 1.89. The van der Waals surface area contributed by atoms with Crippen LogP contribution in [-0.2, 0) is 9.53 Å². The van der Waals surface area contributed by atoms with Crippen LogP contribution >= 0.6 is 0 Å². The van der Waals surface area contributed by atoms with Gasteiger partial charge in [-0.1, -0.05) is 12.1 Å². The highest BCUT2D eigenvalue weighted by Crippen LogP contribution is 2.47. The van der Waals surface area contributed by atoms with E-state index in [1.807, 2.05) is 0 Å². The van der Waals surface area contributed by atoms with Gasteiger partial charge in [-0.2, -0.15) is 13.2 Å². The first-order valence-corrected chi connectivity index (χ1v) is 5.70. The third kappa shape index (κ3) is 2.31. The number of methoxy groups -OCH3 is 2. The molecule has 1 aromatic rings. The van der Waals surface area contributed by atoms with E-state index in [0.29, 0.717) is 0 Å². The lowest BCUT2D eigenvalue weighted by Crippen LogP contribution is -2.55. The molecule has 0 bridgehead atoms. The molecule has 1 aliphatic rings. The molecule has 1 unspecified atom stereocenters. The Hall–Kier alpha value is -2.22. The highest BCUT2D eigenvalue weighted by molar-refractivity contribution is 5.97. The molecular weight excluding hydrogens is 293 g/mol. The Morgan fingerprint density at radius 1 is 1.33 bits per heavy atom. The summed E-state index contributed by atoms with van der Waals surface area (Å²) < 4.78 is 53.3. The van der Waals surface area contributed by atoms with Crippen molar-refractivity contribution in [2.45, 2.75) is 12.0 Å². The van der Waals surface area contributed by atoms with Gasteiger partial charge in [0.1, 0.15) is 5.57 Å². The van der Waals surface area contributed by atoms with Crippen molar-refractivity contribution >= 4 is 12.0 Å². The summed E-state index contributed by atoms with van der Waals surface area (Å²) in [5.74, 6) is -5.46. The minimum absolute atomic E-state index is 0.00431. The summed E-state index contributed by atoms with van der Waals surface area (Å²) in [5.41, 5.74) is -0.901. The Morgan fingerprint density at radius 2 is 2.00 bits per heavy atom. The molecule has 0 fully saturated rings. The van der Waals surface area contributed by atoms with Crippen molar-refractivity contribution in [2.75, 3.05) is 14.2 Å². The van der Waals surface area contributed by atoms with Gasteiger partial charge in [0.25, 0.3) is 0 Å². The third-order valence-electron chi connectivity index (χ3n) is 2.93. The number of para-hydroxylation sites is 1. The van der Waals surface area contributed by atoms with Crippen molar-refractivity contribution < 1.29 is 37.3 Å². The summed E-state index contributed by atoms with van der Waals surface area (Å²) in [4.78, 5) is 11.5. The standard InChI is InChI=1S/C13H11F3O5/c1-19-9-5-3-4-7-6-8(11(17)20-2)12(18,13(14,15)16)21-10(7)9/h3-6,18H,1-2H3. The van der Waals surface area contributed by atoms with Crippen molar-refractivity contribution in [3.05, 3.63) is 29.3 Å². The first-order chi connectivity index (χ1) is 9.74. The number of fused-ring (bicyclic) bond motifs is 1. The van der Waals surface area contributed by atoms with E-state index in [0.717, 1.165) is 13.2 Å². The van der Waals surface area contributed by atoms with E-state index in [2.05, 4.69) is 9.47 Å². The van der Waals surface area contributed by atoms with Crippen LogP contribution in [0.25, 0.3) is 6.08 Å². The number of ether oxygens (including phenoxy) is 3. The Balaban J connectivity index is 2.68. The van der Waals surface area contributed by atoms with E-state index in [1.165, 1.54) is 25.3 Å². The molecule has 114 valence electrons. The number of carbonyl (C=O) groups is 1. The lowest BCUT2D eigenvalue weighted by Gasteiger charge is -2.35. The number of carbonyl (C=O) groups excluding carboxylic acids is 1. The molecule has 1 aromatic carbocycles. The zero-order chi connectivity index (χ0) is 15.8. The third-order valence-corrected chi connectivity index (χ3v) is 2.93. The van der Waals surface area contributed by atoms with Gasteiger partial charge in [0, 0.05) is 5.56 Å². The van der Waals surface area contributed by atoms with Crippen molar-refractivity contribution in [1.29, 1.82) is 0 Å². The number of alkyl halides is 3. The second kappa shape index (κ2) is 4.96. The number of hydrogen-bond donors (Lipinski definition) is 1. The number of rotatable bonds is 2. The van der Waals surface area contributed by atoms with Crippen LogP contribution in [0.3, 0.4) is 0 Å². The SMILES string of the molecule is COC(=O)C1=Cc2cccc(OC)c2OC1(O)C(F)(F)F. The molecule has 1 N–H and O–H groups in total. The van der Waals surface area contributed by atoms with Gasteiger partial charge in [0.05, 0.1) is 14.2 Å². The predicted octanol–water partition coefficient (Wildman–Crippen LogP) is 1.89. The Bertz CT molecular complexity index is 608. The van der Waals surface area contributed by atoms with Crippen LogP contribution in [0.1, 0.15) is 5.56 Å². The summed E-state index contributed by atoms with van der Waals surface area (Å²) in [6.45, 7) is 0. The lowest BCUT2D eigenvalue weighted by molar-refractivity contribution is -0.316. The summed E-state index contributed by atoms with van der Waals surface area (Å²) in [6, 6.07) is 4.29. The quantitative estimate of drug-likeness (QED) is 0.845. The summed E-state index contributed by atoms with van der Waals surface area (Å²) in [7, 11) is 2.15. The zero-order valence-electron chi connectivity index (χ0n) is 11.0. The van der Waals surface area contributed by atoms with Gasteiger partial charge in [-0.15, -0.1) is 0 Å². The van der Waals surface area contributed by atoms with Gasteiger partial charge in [-0.25, -0.2) is 4.79 Å². The van der Waals surface area contributed by atoms with Gasteiger partial charge in [-0.05, 0) is 12.1 Å². The van der Waals surface area contributed by atoms with Gasteiger partial charge >= 0.3 is 17.9 Å². The van der Waals surface area contributed by atoms with Gasteiger partial charge in [0.2, 0.25) is 0 Å². The monoisotopic (exact) mass is 304 g/mol. The normalized spacial score (nSPS) is 21.0. The van der Waals surface area contributed by atoms with Crippen LogP contribution in [0.4, 0.5) is 13.2 Å². The molecule has 0 amide bonds. The molecule has 8 heteroatoms. The summed E-state index contributed by atoms with van der Waals surface area (Å²) in [6.07, 6.45) is -4.38. The molecule has 0 saturated heterocycles. The van der Waals surface area contributed by atoms with Crippen molar-refractivity contribution in [3.63, 3.8) is 0 Å². The molecule has 2 rings (SSSR count). The minimum Gasteiger partial charge on any atom is -0.493 e. The number of esters is 1. The summed E-state index contributed by atoms with van der Waals surface area (Å²) in [5, 5.41) is 9.86. The van der Waals surface area contributed by atoms with Gasteiger partial charge < -0.3 is 19.3 Å². The maximum atomic E-state index is 13.1. The van der Waals surface area contributed by atoms with E-state index in [1.54, 1.807) is 0 Å². The molecule has 0 radical (unpaired) electrons. The number of halogens is 3. The van der Waals surface area contributed by atoms with Crippen LogP contribution in [0.2, 0.25) is 0 Å². The summed E-state index contributed by atoms with van der Waals surface area (Å²) >= 11 is 0. The molecule has 0 spiro atoms. The van der Waals surface area contributed by atoms with Crippen LogP contribution in [0, 0.1) is 0 Å². The maximum absolute atomic E-state index is 13.1. The molecule has 0 aromatic heterocycles. The molecular formula is C13H11F3O5. The largest absolute Gasteiger partial charge is 0.493 e. The second-order valence-corrected chi connectivity index (χ2v) is 4.17. The highest BCUT2D eigenvalue weighted by Gasteiger charge is 2.63. The average molecular weight is 304 g/mol. The predicted molar refractivity (Wildman–Crippen MR) is 64.6 cm³/mol. The highest BCUT2D eigenvalue weighted by atomic mass is 19.4. The van der Waals surface area contributed by atoms with E-state index >= 15 is 0 Å². The first-order valence-electron chi connectivity index (χ1n) is 5.70.